The molecule has 7 N–H and O–H groups in total. The fraction of sp³-hybridized carbons (Fsp3) is 0.333. The number of nitrogens with two attached hydrogens (primary N) is 2. The van der Waals surface area contributed by atoms with Gasteiger partial charge in [0.05, 0.1) is 13.0 Å². The van der Waals surface area contributed by atoms with Gasteiger partial charge in [-0.25, -0.2) is 4.79 Å². The zero-order chi connectivity index (χ0) is 18.1. The van der Waals surface area contributed by atoms with Crippen LogP contribution in [0.1, 0.15) is 12.0 Å². The van der Waals surface area contributed by atoms with Crippen LogP contribution in [0.2, 0.25) is 0 Å². The molecular weight excluding hydrogens is 316 g/mol. The minimum Gasteiger partial charge on any atom is -0.480 e. The highest BCUT2D eigenvalue weighted by Gasteiger charge is 2.25. The number of hydrogen-bond donors (Lipinski definition) is 5. The number of rotatable bonds is 9. The van der Waals surface area contributed by atoms with Crippen molar-refractivity contribution in [2.45, 2.75) is 24.9 Å². The minimum atomic E-state index is -1.44. The predicted octanol–water partition coefficient (Wildman–Crippen LogP) is -1.88. The van der Waals surface area contributed by atoms with E-state index in [1.165, 1.54) is 0 Å². The molecule has 2 atom stereocenters. The average Bonchev–Trinajstić information content (AvgIpc) is 2.54. The lowest BCUT2D eigenvalue weighted by Crippen LogP contribution is -2.50. The van der Waals surface area contributed by atoms with Crippen molar-refractivity contribution in [3.8, 4) is 0 Å². The fourth-order valence-electron chi connectivity index (χ4n) is 1.96. The Kier molecular flexibility index (Phi) is 7.37. The molecule has 3 amide bonds. The van der Waals surface area contributed by atoms with Crippen molar-refractivity contribution < 1.29 is 24.3 Å². The third-order valence-electron chi connectivity index (χ3n) is 3.17. The van der Waals surface area contributed by atoms with Crippen LogP contribution in [0.15, 0.2) is 30.3 Å². The summed E-state index contributed by atoms with van der Waals surface area (Å²) >= 11 is 0. The molecule has 0 radical (unpaired) electrons. The van der Waals surface area contributed by atoms with Crippen molar-refractivity contribution in [3.05, 3.63) is 35.9 Å². The molecule has 0 aliphatic rings. The second kappa shape index (κ2) is 9.26. The third kappa shape index (κ3) is 6.44. The van der Waals surface area contributed by atoms with Gasteiger partial charge in [0.25, 0.3) is 0 Å². The van der Waals surface area contributed by atoms with Crippen molar-refractivity contribution in [2.24, 2.45) is 11.5 Å². The number of benzene rings is 1. The average molecular weight is 336 g/mol. The number of hydrogen-bond acceptors (Lipinski definition) is 5. The first-order valence-corrected chi connectivity index (χ1v) is 7.18. The van der Waals surface area contributed by atoms with Gasteiger partial charge in [0.15, 0.2) is 0 Å². The van der Waals surface area contributed by atoms with Gasteiger partial charge in [-0.2, -0.15) is 0 Å². The van der Waals surface area contributed by atoms with Gasteiger partial charge < -0.3 is 27.2 Å². The SMILES string of the molecule is NCC(=O)N[C@@H](CC(=O)N[C@@H](Cc1ccccc1)C(N)=O)C(=O)O. The lowest BCUT2D eigenvalue weighted by atomic mass is 10.0. The Hall–Kier alpha value is -2.94. The molecule has 130 valence electrons. The first kappa shape index (κ1) is 19.1. The highest BCUT2D eigenvalue weighted by atomic mass is 16.4. The summed E-state index contributed by atoms with van der Waals surface area (Å²) in [4.78, 5) is 45.7. The van der Waals surface area contributed by atoms with E-state index >= 15 is 0 Å². The van der Waals surface area contributed by atoms with E-state index in [0.717, 1.165) is 5.56 Å². The molecule has 0 bridgehead atoms. The standard InChI is InChI=1S/C15H20N4O5/c16-8-13(21)19-11(15(23)24)7-12(20)18-10(14(17)22)6-9-4-2-1-3-5-9/h1-5,10-11H,6-8,16H2,(H2,17,22)(H,18,20)(H,19,21)(H,23,24)/t10-,11-/m0/s1. The Bertz CT molecular complexity index is 605. The molecule has 1 aromatic rings. The van der Waals surface area contributed by atoms with Gasteiger partial charge in [-0.15, -0.1) is 0 Å². The van der Waals surface area contributed by atoms with E-state index < -0.39 is 48.7 Å². The predicted molar refractivity (Wildman–Crippen MR) is 84.5 cm³/mol. The quantitative estimate of drug-likeness (QED) is 0.354. The molecule has 0 heterocycles. The summed E-state index contributed by atoms with van der Waals surface area (Å²) in [5.41, 5.74) is 11.1. The number of aliphatic carboxylic acids is 1. The summed E-state index contributed by atoms with van der Waals surface area (Å²) < 4.78 is 0. The summed E-state index contributed by atoms with van der Waals surface area (Å²) in [5.74, 6) is -3.55. The van der Waals surface area contributed by atoms with E-state index in [-0.39, 0.29) is 6.42 Å². The van der Waals surface area contributed by atoms with E-state index in [0.29, 0.717) is 0 Å². The summed E-state index contributed by atoms with van der Waals surface area (Å²) in [7, 11) is 0. The maximum atomic E-state index is 12.0. The van der Waals surface area contributed by atoms with Gasteiger partial charge >= 0.3 is 5.97 Å². The monoisotopic (exact) mass is 336 g/mol. The van der Waals surface area contributed by atoms with Gasteiger partial charge in [-0.05, 0) is 5.56 Å². The number of nitrogens with one attached hydrogen (secondary N) is 2. The van der Waals surface area contributed by atoms with E-state index in [2.05, 4.69) is 10.6 Å². The lowest BCUT2D eigenvalue weighted by molar-refractivity contribution is -0.143. The zero-order valence-corrected chi connectivity index (χ0v) is 12.9. The Morgan fingerprint density at radius 1 is 1.00 bits per heavy atom. The molecule has 9 heteroatoms. The molecule has 0 saturated carbocycles. The molecule has 0 aromatic heterocycles. The molecule has 0 spiro atoms. The largest absolute Gasteiger partial charge is 0.480 e. The summed E-state index contributed by atoms with van der Waals surface area (Å²) in [6, 6.07) is 6.47. The first-order chi connectivity index (χ1) is 11.3. The molecule has 0 fully saturated rings. The molecule has 0 saturated heterocycles. The maximum absolute atomic E-state index is 12.0. The topological polar surface area (TPSA) is 165 Å². The summed E-state index contributed by atoms with van der Waals surface area (Å²) in [6.07, 6.45) is -0.367. The molecule has 0 aliphatic carbocycles. The maximum Gasteiger partial charge on any atom is 0.326 e. The molecule has 1 rings (SSSR count). The van der Waals surface area contributed by atoms with Crippen LogP contribution in [0.3, 0.4) is 0 Å². The number of primary amides is 1. The Morgan fingerprint density at radius 3 is 2.08 bits per heavy atom. The second-order valence-electron chi connectivity index (χ2n) is 5.08. The van der Waals surface area contributed by atoms with Crippen molar-refractivity contribution in [3.63, 3.8) is 0 Å². The fourth-order valence-corrected chi connectivity index (χ4v) is 1.96. The van der Waals surface area contributed by atoms with Crippen molar-refractivity contribution in [1.29, 1.82) is 0 Å². The van der Waals surface area contributed by atoms with Gasteiger partial charge in [0.1, 0.15) is 12.1 Å². The van der Waals surface area contributed by atoms with Crippen molar-refractivity contribution in [2.75, 3.05) is 6.54 Å². The zero-order valence-electron chi connectivity index (χ0n) is 12.9. The number of carboxylic acids is 1. The van der Waals surface area contributed by atoms with E-state index in [9.17, 15) is 19.2 Å². The van der Waals surface area contributed by atoms with Crippen LogP contribution in [0.4, 0.5) is 0 Å². The van der Waals surface area contributed by atoms with Crippen LogP contribution < -0.4 is 22.1 Å². The Morgan fingerprint density at radius 2 is 1.58 bits per heavy atom. The van der Waals surface area contributed by atoms with Gasteiger partial charge in [0.2, 0.25) is 17.7 Å². The molecule has 1 aromatic carbocycles. The highest BCUT2D eigenvalue weighted by molar-refractivity contribution is 5.91. The van der Waals surface area contributed by atoms with Crippen molar-refractivity contribution >= 4 is 23.7 Å². The molecule has 9 nitrogen and oxygen atoms in total. The van der Waals surface area contributed by atoms with Crippen molar-refractivity contribution in [1.82, 2.24) is 10.6 Å². The molecule has 0 unspecified atom stereocenters. The first-order valence-electron chi connectivity index (χ1n) is 7.18. The van der Waals surface area contributed by atoms with Crippen LogP contribution in [-0.2, 0) is 25.6 Å². The smallest absolute Gasteiger partial charge is 0.326 e. The van der Waals surface area contributed by atoms with E-state index in [4.69, 9.17) is 16.6 Å². The van der Waals surface area contributed by atoms with Gasteiger partial charge in [-0.3, -0.25) is 14.4 Å². The summed E-state index contributed by atoms with van der Waals surface area (Å²) in [5, 5.41) is 13.5. The number of carboxylic acid groups (broad SMARTS) is 1. The number of amides is 3. The molecule has 0 aliphatic heterocycles. The van der Waals surface area contributed by atoms with Crippen LogP contribution in [0, 0.1) is 0 Å². The van der Waals surface area contributed by atoms with E-state index in [1.807, 2.05) is 0 Å². The van der Waals surface area contributed by atoms with Crippen LogP contribution in [0.25, 0.3) is 0 Å². The normalized spacial score (nSPS) is 12.7. The van der Waals surface area contributed by atoms with Crippen LogP contribution in [-0.4, -0.2) is 47.4 Å². The van der Waals surface area contributed by atoms with E-state index in [1.54, 1.807) is 30.3 Å². The lowest BCUT2D eigenvalue weighted by Gasteiger charge is -2.18. The summed E-state index contributed by atoms with van der Waals surface area (Å²) in [6.45, 7) is -0.399. The molecule has 24 heavy (non-hydrogen) atoms. The van der Waals surface area contributed by atoms with Gasteiger partial charge in [0, 0.05) is 6.42 Å². The Balaban J connectivity index is 2.68. The number of carbonyl (C=O) groups is 4. The van der Waals surface area contributed by atoms with Gasteiger partial charge in [-0.1, -0.05) is 30.3 Å². The van der Waals surface area contributed by atoms with Crippen LogP contribution >= 0.6 is 0 Å². The van der Waals surface area contributed by atoms with Crippen LogP contribution in [0.5, 0.6) is 0 Å². The number of carbonyl (C=O) groups excluding carboxylic acids is 3. The third-order valence-corrected chi connectivity index (χ3v) is 3.17. The minimum absolute atomic E-state index is 0.175. The second-order valence-corrected chi connectivity index (χ2v) is 5.08. The Labute approximate surface area is 138 Å². The highest BCUT2D eigenvalue weighted by Crippen LogP contribution is 2.04. The molecular formula is C15H20N4O5.